The highest BCUT2D eigenvalue weighted by molar-refractivity contribution is 6.33. The molecule has 0 aromatic carbocycles. The number of nitrogens with one attached hydrogen (secondary N) is 1. The number of aromatic nitrogens is 1. The smallest absolute Gasteiger partial charge is 0.255 e. The van der Waals surface area contributed by atoms with E-state index in [0.717, 1.165) is 32.5 Å². The highest BCUT2D eigenvalue weighted by Crippen LogP contribution is 2.25. The van der Waals surface area contributed by atoms with E-state index in [1.807, 2.05) is 4.90 Å². The molecule has 2 atom stereocenters. The summed E-state index contributed by atoms with van der Waals surface area (Å²) in [5.41, 5.74) is 0.573. The molecule has 0 bridgehead atoms. The third kappa shape index (κ3) is 3.88. The summed E-state index contributed by atoms with van der Waals surface area (Å²) in [6.07, 6.45) is 3.68. The second kappa shape index (κ2) is 7.12. The Morgan fingerprint density at radius 1 is 1.48 bits per heavy atom. The molecular formula is C16H24ClN3O. The van der Waals surface area contributed by atoms with E-state index in [0.29, 0.717) is 28.2 Å². The zero-order valence-electron chi connectivity index (χ0n) is 13.0. The summed E-state index contributed by atoms with van der Waals surface area (Å²) < 4.78 is 0. The number of amides is 1. The molecular weight excluding hydrogens is 286 g/mol. The first-order valence-corrected chi connectivity index (χ1v) is 8.09. The van der Waals surface area contributed by atoms with Gasteiger partial charge in [0.1, 0.15) is 5.82 Å². The summed E-state index contributed by atoms with van der Waals surface area (Å²) >= 11 is 6.20. The van der Waals surface area contributed by atoms with Gasteiger partial charge >= 0.3 is 0 Å². The average molecular weight is 310 g/mol. The van der Waals surface area contributed by atoms with E-state index in [4.69, 9.17) is 11.6 Å². The van der Waals surface area contributed by atoms with Gasteiger partial charge in [-0.1, -0.05) is 32.4 Å². The standard InChI is InChI=1S/C16H24ClN3O/c1-4-6-18-15-14(17)8-13(9-19-15)16(21)20-7-5-11(2)12(3)10-20/h8-9,11-12H,4-7,10H2,1-3H3,(H,18,19). The molecule has 4 nitrogen and oxygen atoms in total. The SMILES string of the molecule is CCCNc1ncc(C(=O)N2CCC(C)C(C)C2)cc1Cl. The molecule has 21 heavy (non-hydrogen) atoms. The first kappa shape index (κ1) is 16.1. The molecule has 1 aromatic heterocycles. The number of hydrogen-bond acceptors (Lipinski definition) is 3. The van der Waals surface area contributed by atoms with Gasteiger partial charge < -0.3 is 10.2 Å². The van der Waals surface area contributed by atoms with Crippen molar-refractivity contribution < 1.29 is 4.79 Å². The van der Waals surface area contributed by atoms with Crippen LogP contribution >= 0.6 is 11.6 Å². The number of rotatable bonds is 4. The molecule has 1 fully saturated rings. The zero-order valence-corrected chi connectivity index (χ0v) is 13.8. The van der Waals surface area contributed by atoms with E-state index >= 15 is 0 Å². The normalized spacial score (nSPS) is 22.2. The van der Waals surface area contributed by atoms with E-state index in [1.54, 1.807) is 12.3 Å². The van der Waals surface area contributed by atoms with Crippen molar-refractivity contribution >= 4 is 23.3 Å². The molecule has 2 unspecified atom stereocenters. The minimum Gasteiger partial charge on any atom is -0.369 e. The monoisotopic (exact) mass is 309 g/mol. The molecule has 1 N–H and O–H groups in total. The van der Waals surface area contributed by atoms with Gasteiger partial charge in [0.05, 0.1) is 10.6 Å². The van der Waals surface area contributed by atoms with Gasteiger partial charge in [0, 0.05) is 25.8 Å². The van der Waals surface area contributed by atoms with Crippen molar-refractivity contribution in [3.8, 4) is 0 Å². The van der Waals surface area contributed by atoms with E-state index in [9.17, 15) is 4.79 Å². The molecule has 0 saturated carbocycles. The number of carbonyl (C=O) groups is 1. The fourth-order valence-corrected chi connectivity index (χ4v) is 2.79. The van der Waals surface area contributed by atoms with Crippen molar-refractivity contribution in [3.63, 3.8) is 0 Å². The topological polar surface area (TPSA) is 45.2 Å². The summed E-state index contributed by atoms with van der Waals surface area (Å²) in [5, 5.41) is 3.66. The largest absolute Gasteiger partial charge is 0.369 e. The highest BCUT2D eigenvalue weighted by Gasteiger charge is 2.26. The summed E-state index contributed by atoms with van der Waals surface area (Å²) in [4.78, 5) is 18.7. The summed E-state index contributed by atoms with van der Waals surface area (Å²) in [7, 11) is 0. The van der Waals surface area contributed by atoms with Crippen molar-refractivity contribution in [2.75, 3.05) is 25.0 Å². The summed E-state index contributed by atoms with van der Waals surface area (Å²) in [6, 6.07) is 1.72. The van der Waals surface area contributed by atoms with Gasteiger partial charge in [-0.05, 0) is 30.7 Å². The molecule has 116 valence electrons. The molecule has 1 aliphatic rings. The Morgan fingerprint density at radius 3 is 2.86 bits per heavy atom. The lowest BCUT2D eigenvalue weighted by molar-refractivity contribution is 0.0627. The third-order valence-electron chi connectivity index (χ3n) is 4.25. The third-order valence-corrected chi connectivity index (χ3v) is 4.54. The van der Waals surface area contributed by atoms with Crippen molar-refractivity contribution in [2.24, 2.45) is 11.8 Å². The Hall–Kier alpha value is -1.29. The van der Waals surface area contributed by atoms with Crippen LogP contribution in [0.4, 0.5) is 5.82 Å². The lowest BCUT2D eigenvalue weighted by atomic mass is 9.88. The van der Waals surface area contributed by atoms with Gasteiger partial charge in [-0.2, -0.15) is 0 Å². The number of hydrogen-bond donors (Lipinski definition) is 1. The molecule has 2 rings (SSSR count). The zero-order chi connectivity index (χ0) is 15.4. The van der Waals surface area contributed by atoms with Crippen LogP contribution in [0.5, 0.6) is 0 Å². The van der Waals surface area contributed by atoms with Crippen LogP contribution in [0.25, 0.3) is 0 Å². The van der Waals surface area contributed by atoms with Crippen molar-refractivity contribution in [2.45, 2.75) is 33.6 Å². The van der Waals surface area contributed by atoms with Gasteiger partial charge in [0.15, 0.2) is 0 Å². The second-order valence-corrected chi connectivity index (χ2v) is 6.38. The number of pyridine rings is 1. The molecule has 1 saturated heterocycles. The Morgan fingerprint density at radius 2 is 2.24 bits per heavy atom. The fraction of sp³-hybridized carbons (Fsp3) is 0.625. The predicted octanol–water partition coefficient (Wildman–Crippen LogP) is 3.68. The van der Waals surface area contributed by atoms with Gasteiger partial charge in [0.25, 0.3) is 5.91 Å². The van der Waals surface area contributed by atoms with Crippen LogP contribution in [0.15, 0.2) is 12.3 Å². The van der Waals surface area contributed by atoms with Crippen molar-refractivity contribution in [3.05, 3.63) is 22.8 Å². The lowest BCUT2D eigenvalue weighted by Crippen LogP contribution is -2.42. The Balaban J connectivity index is 2.07. The highest BCUT2D eigenvalue weighted by atomic mass is 35.5. The molecule has 2 heterocycles. The Labute approximate surface area is 131 Å². The summed E-state index contributed by atoms with van der Waals surface area (Å²) in [5.74, 6) is 1.90. The summed E-state index contributed by atoms with van der Waals surface area (Å²) in [6.45, 7) is 8.98. The number of halogens is 1. The lowest BCUT2D eigenvalue weighted by Gasteiger charge is -2.35. The van der Waals surface area contributed by atoms with E-state index in [1.165, 1.54) is 0 Å². The van der Waals surface area contributed by atoms with Crippen molar-refractivity contribution in [1.29, 1.82) is 0 Å². The molecule has 1 aromatic rings. The van der Waals surface area contributed by atoms with Gasteiger partial charge in [-0.25, -0.2) is 4.98 Å². The van der Waals surface area contributed by atoms with E-state index < -0.39 is 0 Å². The number of anilines is 1. The van der Waals surface area contributed by atoms with Crippen LogP contribution in [-0.4, -0.2) is 35.4 Å². The predicted molar refractivity (Wildman–Crippen MR) is 86.9 cm³/mol. The molecule has 5 heteroatoms. The fourth-order valence-electron chi connectivity index (χ4n) is 2.56. The average Bonchev–Trinajstić information content (AvgIpc) is 2.48. The van der Waals surface area contributed by atoms with Crippen LogP contribution in [0.3, 0.4) is 0 Å². The van der Waals surface area contributed by atoms with Crippen LogP contribution < -0.4 is 5.32 Å². The van der Waals surface area contributed by atoms with Crippen LogP contribution in [0, 0.1) is 11.8 Å². The minimum absolute atomic E-state index is 0.0326. The van der Waals surface area contributed by atoms with Gasteiger partial charge in [-0.3, -0.25) is 4.79 Å². The van der Waals surface area contributed by atoms with E-state index in [2.05, 4.69) is 31.1 Å². The maximum Gasteiger partial charge on any atom is 0.255 e. The first-order valence-electron chi connectivity index (χ1n) is 7.71. The van der Waals surface area contributed by atoms with Crippen LogP contribution in [0.1, 0.15) is 44.0 Å². The quantitative estimate of drug-likeness (QED) is 0.923. The van der Waals surface area contributed by atoms with Gasteiger partial charge in [-0.15, -0.1) is 0 Å². The van der Waals surface area contributed by atoms with Crippen LogP contribution in [0.2, 0.25) is 5.02 Å². The molecule has 0 aliphatic carbocycles. The number of carbonyl (C=O) groups excluding carboxylic acids is 1. The molecule has 1 aliphatic heterocycles. The first-order chi connectivity index (χ1) is 10.0. The minimum atomic E-state index is 0.0326. The molecule has 0 spiro atoms. The number of nitrogens with zero attached hydrogens (tertiary/aromatic N) is 2. The van der Waals surface area contributed by atoms with E-state index in [-0.39, 0.29) is 5.91 Å². The number of piperidine rings is 1. The maximum atomic E-state index is 12.5. The molecule has 0 radical (unpaired) electrons. The number of likely N-dealkylation sites (tertiary alicyclic amines) is 1. The van der Waals surface area contributed by atoms with Crippen LogP contribution in [-0.2, 0) is 0 Å². The van der Waals surface area contributed by atoms with Crippen molar-refractivity contribution in [1.82, 2.24) is 9.88 Å². The second-order valence-electron chi connectivity index (χ2n) is 5.98. The molecule has 1 amide bonds. The Bertz CT molecular complexity index is 506. The maximum absolute atomic E-state index is 12.5. The Kier molecular flexibility index (Phi) is 5.45. The van der Waals surface area contributed by atoms with Gasteiger partial charge in [0.2, 0.25) is 0 Å².